The molecule has 0 spiro atoms. The Hall–Kier alpha value is -3.14. The fourth-order valence-corrected chi connectivity index (χ4v) is 5.03. The number of allylic oxidation sites excluding steroid dienone is 2. The molecule has 0 radical (unpaired) electrons. The van der Waals surface area contributed by atoms with E-state index in [1.54, 1.807) is 12.1 Å². The van der Waals surface area contributed by atoms with Crippen LogP contribution >= 0.6 is 0 Å². The van der Waals surface area contributed by atoms with Crippen LogP contribution in [0.5, 0.6) is 5.75 Å². The van der Waals surface area contributed by atoms with Gasteiger partial charge in [0, 0.05) is 23.5 Å². The first-order chi connectivity index (χ1) is 14.4. The van der Waals surface area contributed by atoms with Gasteiger partial charge >= 0.3 is 5.97 Å². The van der Waals surface area contributed by atoms with E-state index in [1.165, 1.54) is 0 Å². The molecular weight excluding hydrogens is 376 g/mol. The Labute approximate surface area is 176 Å². The van der Waals surface area contributed by atoms with E-state index in [4.69, 9.17) is 5.11 Å². The van der Waals surface area contributed by atoms with Crippen molar-refractivity contribution in [2.45, 2.75) is 45.4 Å². The molecular formula is C26H26O4. The van der Waals surface area contributed by atoms with Gasteiger partial charge in [-0.05, 0) is 65.3 Å². The number of fused-ring (bicyclic) bond motifs is 3. The van der Waals surface area contributed by atoms with Gasteiger partial charge in [-0.25, -0.2) is 4.79 Å². The maximum atomic E-state index is 13.1. The Balaban J connectivity index is 1.86. The minimum atomic E-state index is -0.988. The third-order valence-electron chi connectivity index (χ3n) is 6.40. The first-order valence-corrected chi connectivity index (χ1v) is 10.6. The topological polar surface area (TPSA) is 74.6 Å². The second kappa shape index (κ2) is 7.94. The zero-order chi connectivity index (χ0) is 21.3. The summed E-state index contributed by atoms with van der Waals surface area (Å²) in [5.41, 5.74) is 5.73. The van der Waals surface area contributed by atoms with Crippen molar-refractivity contribution in [1.29, 1.82) is 0 Å². The SMILES string of the molecule is CCCCC12CCC(=O)C(c3ccc(C=CC(=O)O)cc3)=C1c1ccc(O)cc1C2. The Kier molecular flexibility index (Phi) is 5.33. The molecule has 4 nitrogen and oxygen atoms in total. The summed E-state index contributed by atoms with van der Waals surface area (Å²) in [5.74, 6) is -0.564. The van der Waals surface area contributed by atoms with Crippen molar-refractivity contribution >= 4 is 29.0 Å². The fourth-order valence-electron chi connectivity index (χ4n) is 5.03. The van der Waals surface area contributed by atoms with Crippen LogP contribution in [0.25, 0.3) is 17.2 Å². The van der Waals surface area contributed by atoms with Gasteiger partial charge in [-0.3, -0.25) is 4.79 Å². The fraction of sp³-hybridized carbons (Fsp3) is 0.308. The second-order valence-electron chi connectivity index (χ2n) is 8.37. The zero-order valence-corrected chi connectivity index (χ0v) is 17.1. The molecule has 30 heavy (non-hydrogen) atoms. The summed E-state index contributed by atoms with van der Waals surface area (Å²) >= 11 is 0. The monoisotopic (exact) mass is 402 g/mol. The van der Waals surface area contributed by atoms with Crippen molar-refractivity contribution in [2.75, 3.05) is 0 Å². The lowest BCUT2D eigenvalue weighted by atomic mass is 9.66. The van der Waals surface area contributed by atoms with Crippen LogP contribution in [0.4, 0.5) is 0 Å². The van der Waals surface area contributed by atoms with Crippen molar-refractivity contribution in [1.82, 2.24) is 0 Å². The van der Waals surface area contributed by atoms with Gasteiger partial charge in [-0.1, -0.05) is 50.1 Å². The quantitative estimate of drug-likeness (QED) is 0.626. The number of hydrogen-bond donors (Lipinski definition) is 2. The van der Waals surface area contributed by atoms with E-state index in [0.717, 1.165) is 71.6 Å². The van der Waals surface area contributed by atoms with E-state index < -0.39 is 5.97 Å². The van der Waals surface area contributed by atoms with E-state index in [-0.39, 0.29) is 16.9 Å². The molecule has 2 aliphatic carbocycles. The van der Waals surface area contributed by atoms with Crippen LogP contribution in [-0.2, 0) is 16.0 Å². The number of carbonyl (C=O) groups is 2. The molecule has 0 aromatic heterocycles. The molecule has 0 aliphatic heterocycles. The maximum absolute atomic E-state index is 13.1. The van der Waals surface area contributed by atoms with Crippen molar-refractivity contribution < 1.29 is 19.8 Å². The molecule has 4 rings (SSSR count). The molecule has 2 aromatic rings. The minimum Gasteiger partial charge on any atom is -0.508 e. The Morgan fingerprint density at radius 2 is 1.93 bits per heavy atom. The highest BCUT2D eigenvalue weighted by molar-refractivity contribution is 6.30. The van der Waals surface area contributed by atoms with E-state index in [9.17, 15) is 14.7 Å². The molecule has 2 aliphatic rings. The third-order valence-corrected chi connectivity index (χ3v) is 6.40. The van der Waals surface area contributed by atoms with Gasteiger partial charge in [0.05, 0.1) is 0 Å². The molecule has 2 aromatic carbocycles. The Morgan fingerprint density at radius 1 is 1.17 bits per heavy atom. The Morgan fingerprint density at radius 3 is 2.63 bits per heavy atom. The minimum absolute atomic E-state index is 0.0583. The van der Waals surface area contributed by atoms with Gasteiger partial charge in [0.25, 0.3) is 0 Å². The predicted molar refractivity (Wildman–Crippen MR) is 118 cm³/mol. The van der Waals surface area contributed by atoms with Crippen LogP contribution < -0.4 is 0 Å². The molecule has 0 amide bonds. The van der Waals surface area contributed by atoms with E-state index in [2.05, 4.69) is 6.92 Å². The van der Waals surface area contributed by atoms with Crippen LogP contribution in [-0.4, -0.2) is 22.0 Å². The number of ketones is 1. The summed E-state index contributed by atoms with van der Waals surface area (Å²) in [7, 11) is 0. The van der Waals surface area contributed by atoms with Crippen LogP contribution in [0.15, 0.2) is 48.5 Å². The molecule has 1 unspecified atom stereocenters. The first-order valence-electron chi connectivity index (χ1n) is 10.6. The summed E-state index contributed by atoms with van der Waals surface area (Å²) in [6.07, 6.45) is 8.13. The number of phenols is 1. The molecule has 2 N–H and O–H groups in total. The van der Waals surface area contributed by atoms with Gasteiger partial charge in [-0.2, -0.15) is 0 Å². The summed E-state index contributed by atoms with van der Waals surface area (Å²) < 4.78 is 0. The largest absolute Gasteiger partial charge is 0.508 e. The molecule has 4 heteroatoms. The van der Waals surface area contributed by atoms with Gasteiger partial charge in [0.2, 0.25) is 0 Å². The maximum Gasteiger partial charge on any atom is 0.328 e. The molecule has 0 fully saturated rings. The number of benzene rings is 2. The van der Waals surface area contributed by atoms with Crippen molar-refractivity contribution in [3.63, 3.8) is 0 Å². The molecule has 154 valence electrons. The number of carboxylic acid groups (broad SMARTS) is 1. The van der Waals surface area contributed by atoms with Crippen LogP contribution in [0.1, 0.15) is 61.3 Å². The number of hydrogen-bond acceptors (Lipinski definition) is 3. The summed E-state index contributed by atoms with van der Waals surface area (Å²) in [4.78, 5) is 23.9. The number of aliphatic carboxylic acids is 1. The van der Waals surface area contributed by atoms with E-state index in [0.29, 0.717) is 6.42 Å². The average molecular weight is 402 g/mol. The highest BCUT2D eigenvalue weighted by Gasteiger charge is 2.46. The summed E-state index contributed by atoms with van der Waals surface area (Å²) in [5, 5.41) is 18.8. The van der Waals surface area contributed by atoms with Gasteiger partial charge in [0.15, 0.2) is 5.78 Å². The van der Waals surface area contributed by atoms with Crippen molar-refractivity contribution in [3.8, 4) is 5.75 Å². The number of unbranched alkanes of at least 4 members (excludes halogenated alkanes) is 1. The molecule has 0 heterocycles. The number of aromatic hydroxyl groups is 1. The lowest BCUT2D eigenvalue weighted by Crippen LogP contribution is -2.28. The lowest BCUT2D eigenvalue weighted by Gasteiger charge is -2.36. The van der Waals surface area contributed by atoms with Gasteiger partial charge in [-0.15, -0.1) is 0 Å². The smallest absolute Gasteiger partial charge is 0.328 e. The zero-order valence-electron chi connectivity index (χ0n) is 17.1. The summed E-state index contributed by atoms with van der Waals surface area (Å²) in [6, 6.07) is 13.0. The lowest BCUT2D eigenvalue weighted by molar-refractivity contribution is -0.131. The standard InChI is InChI=1S/C26H26O4/c1-2-3-13-26-14-12-22(28)24(18-7-4-17(5-8-18)6-11-23(29)30)25(26)21-10-9-20(27)15-19(21)16-26/h4-11,15,27H,2-3,12-14,16H2,1H3,(H,29,30). The number of carbonyl (C=O) groups excluding carboxylic acids is 1. The van der Waals surface area contributed by atoms with E-state index >= 15 is 0 Å². The van der Waals surface area contributed by atoms with Crippen LogP contribution in [0, 0.1) is 5.41 Å². The average Bonchev–Trinajstić information content (AvgIpc) is 3.05. The van der Waals surface area contributed by atoms with Gasteiger partial charge < -0.3 is 10.2 Å². The van der Waals surface area contributed by atoms with Crippen LogP contribution in [0.3, 0.4) is 0 Å². The second-order valence-corrected chi connectivity index (χ2v) is 8.37. The number of carboxylic acids is 1. The first kappa shape index (κ1) is 20.1. The van der Waals surface area contributed by atoms with Crippen molar-refractivity contribution in [3.05, 3.63) is 70.8 Å². The van der Waals surface area contributed by atoms with Gasteiger partial charge in [0.1, 0.15) is 5.75 Å². The highest BCUT2D eigenvalue weighted by atomic mass is 16.4. The molecule has 0 saturated carbocycles. The molecule has 0 saturated heterocycles. The van der Waals surface area contributed by atoms with E-state index in [1.807, 2.05) is 36.4 Å². The van der Waals surface area contributed by atoms with Crippen molar-refractivity contribution in [2.24, 2.45) is 5.41 Å². The number of phenolic OH excluding ortho intramolecular Hbond substituents is 1. The van der Waals surface area contributed by atoms with Crippen LogP contribution in [0.2, 0.25) is 0 Å². The normalized spacial score (nSPS) is 20.5. The Bertz CT molecular complexity index is 1060. The number of Topliss-reactive ketones (excluding diaryl/α,β-unsaturated/α-hetero) is 1. The summed E-state index contributed by atoms with van der Waals surface area (Å²) in [6.45, 7) is 2.19. The third kappa shape index (κ3) is 3.58. The molecule has 1 atom stereocenters. The number of rotatable bonds is 6. The predicted octanol–water partition coefficient (Wildman–Crippen LogP) is 5.50. The molecule has 0 bridgehead atoms. The highest BCUT2D eigenvalue weighted by Crippen LogP contribution is 2.58.